The van der Waals surface area contributed by atoms with Gasteiger partial charge in [0.25, 0.3) is 0 Å². The minimum Gasteiger partial charge on any atom is -0.397 e. The Labute approximate surface area is 103 Å². The Morgan fingerprint density at radius 3 is 2.56 bits per heavy atom. The molecule has 1 aromatic heterocycles. The molecule has 0 bridgehead atoms. The second-order valence-corrected chi connectivity index (χ2v) is 4.01. The molecule has 3 rings (SSSR count). The van der Waals surface area contributed by atoms with E-state index < -0.39 is 0 Å². The third-order valence-corrected chi connectivity index (χ3v) is 2.82. The van der Waals surface area contributed by atoms with Crippen LogP contribution in [0.25, 0.3) is 16.6 Å². The van der Waals surface area contributed by atoms with Gasteiger partial charge in [0.1, 0.15) is 0 Å². The predicted molar refractivity (Wildman–Crippen MR) is 71.8 cm³/mol. The van der Waals surface area contributed by atoms with E-state index >= 15 is 0 Å². The molecule has 0 aliphatic heterocycles. The SMILES string of the molecule is Nc1ccccc1-n1cc2ccccc2nc1=O. The summed E-state index contributed by atoms with van der Waals surface area (Å²) in [6.07, 6.45) is 1.76. The first-order valence-electron chi connectivity index (χ1n) is 5.59. The molecular weight excluding hydrogens is 226 g/mol. The highest BCUT2D eigenvalue weighted by atomic mass is 16.1. The molecule has 0 fully saturated rings. The summed E-state index contributed by atoms with van der Waals surface area (Å²) >= 11 is 0. The van der Waals surface area contributed by atoms with Crippen LogP contribution in [0.2, 0.25) is 0 Å². The average molecular weight is 237 g/mol. The first-order chi connectivity index (χ1) is 8.75. The van der Waals surface area contributed by atoms with Gasteiger partial charge < -0.3 is 5.73 Å². The smallest absolute Gasteiger partial charge is 0.352 e. The summed E-state index contributed by atoms with van der Waals surface area (Å²) in [5, 5.41) is 0.903. The quantitative estimate of drug-likeness (QED) is 0.658. The molecule has 4 heteroatoms. The normalized spacial score (nSPS) is 10.7. The van der Waals surface area contributed by atoms with Crippen molar-refractivity contribution in [3.05, 3.63) is 65.2 Å². The summed E-state index contributed by atoms with van der Waals surface area (Å²) in [6.45, 7) is 0. The Bertz CT molecular complexity index is 777. The van der Waals surface area contributed by atoms with Crippen LogP contribution in [0.4, 0.5) is 5.69 Å². The highest BCUT2D eigenvalue weighted by Gasteiger charge is 2.05. The highest BCUT2D eigenvalue weighted by molar-refractivity contribution is 5.77. The van der Waals surface area contributed by atoms with Crippen molar-refractivity contribution in [1.29, 1.82) is 0 Å². The Kier molecular flexibility index (Phi) is 2.34. The van der Waals surface area contributed by atoms with E-state index in [1.54, 1.807) is 18.3 Å². The van der Waals surface area contributed by atoms with Crippen molar-refractivity contribution in [3.8, 4) is 5.69 Å². The van der Waals surface area contributed by atoms with Crippen molar-refractivity contribution in [2.75, 3.05) is 5.73 Å². The number of nitrogens with zero attached hydrogens (tertiary/aromatic N) is 2. The van der Waals surface area contributed by atoms with Crippen LogP contribution < -0.4 is 11.4 Å². The zero-order chi connectivity index (χ0) is 12.5. The molecule has 0 saturated heterocycles. The van der Waals surface area contributed by atoms with Crippen molar-refractivity contribution in [2.24, 2.45) is 0 Å². The number of nitrogens with two attached hydrogens (primary N) is 1. The number of benzene rings is 2. The van der Waals surface area contributed by atoms with Gasteiger partial charge in [-0.3, -0.25) is 4.57 Å². The van der Waals surface area contributed by atoms with Crippen LogP contribution in [0.5, 0.6) is 0 Å². The molecule has 3 aromatic rings. The zero-order valence-corrected chi connectivity index (χ0v) is 9.58. The van der Waals surface area contributed by atoms with E-state index in [1.165, 1.54) is 4.57 Å². The maximum absolute atomic E-state index is 12.0. The van der Waals surface area contributed by atoms with E-state index in [0.717, 1.165) is 5.39 Å². The van der Waals surface area contributed by atoms with E-state index in [9.17, 15) is 4.79 Å². The molecular formula is C14H11N3O. The summed E-state index contributed by atoms with van der Waals surface area (Å²) in [5.74, 6) is 0. The Hall–Kier alpha value is -2.62. The van der Waals surface area contributed by atoms with Crippen LogP contribution in [-0.2, 0) is 0 Å². The minimum atomic E-state index is -0.327. The van der Waals surface area contributed by atoms with Crippen LogP contribution in [0.3, 0.4) is 0 Å². The Morgan fingerprint density at radius 1 is 1.00 bits per heavy atom. The van der Waals surface area contributed by atoms with Gasteiger partial charge in [0.15, 0.2) is 0 Å². The lowest BCUT2D eigenvalue weighted by molar-refractivity contribution is 0.941. The Morgan fingerprint density at radius 2 is 1.72 bits per heavy atom. The molecule has 0 saturated carbocycles. The van der Waals surface area contributed by atoms with Crippen molar-refractivity contribution in [3.63, 3.8) is 0 Å². The molecule has 0 radical (unpaired) electrons. The number of hydrogen-bond acceptors (Lipinski definition) is 3. The lowest BCUT2D eigenvalue weighted by Crippen LogP contribution is -2.21. The van der Waals surface area contributed by atoms with E-state index in [2.05, 4.69) is 4.98 Å². The standard InChI is InChI=1S/C14H11N3O/c15-11-6-2-4-8-13(11)17-9-10-5-1-3-7-12(10)16-14(17)18/h1-9H,15H2. The van der Waals surface area contributed by atoms with Crippen LogP contribution >= 0.6 is 0 Å². The first-order valence-corrected chi connectivity index (χ1v) is 5.59. The summed E-state index contributed by atoms with van der Waals surface area (Å²) in [5.41, 5.74) is 7.44. The molecule has 0 unspecified atom stereocenters. The number of hydrogen-bond donors (Lipinski definition) is 1. The van der Waals surface area contributed by atoms with Gasteiger partial charge in [0.05, 0.1) is 16.9 Å². The number of anilines is 1. The van der Waals surface area contributed by atoms with Crippen LogP contribution in [0.1, 0.15) is 0 Å². The predicted octanol–water partition coefficient (Wildman–Crippen LogP) is 1.97. The van der Waals surface area contributed by atoms with Crippen molar-refractivity contribution < 1.29 is 0 Å². The van der Waals surface area contributed by atoms with Gasteiger partial charge in [0.2, 0.25) is 0 Å². The minimum absolute atomic E-state index is 0.327. The first kappa shape index (κ1) is 10.5. The van der Waals surface area contributed by atoms with Crippen molar-refractivity contribution in [2.45, 2.75) is 0 Å². The summed E-state index contributed by atoms with van der Waals surface area (Å²) in [7, 11) is 0. The molecule has 88 valence electrons. The summed E-state index contributed by atoms with van der Waals surface area (Å²) in [6, 6.07) is 14.7. The van der Waals surface area contributed by atoms with Gasteiger partial charge in [-0.05, 0) is 18.2 Å². The van der Waals surface area contributed by atoms with E-state index in [4.69, 9.17) is 5.73 Å². The van der Waals surface area contributed by atoms with E-state index in [1.807, 2.05) is 36.4 Å². The van der Waals surface area contributed by atoms with E-state index in [-0.39, 0.29) is 5.69 Å². The largest absolute Gasteiger partial charge is 0.397 e. The number of aromatic nitrogens is 2. The second kappa shape index (κ2) is 4.00. The number of para-hydroxylation sites is 3. The van der Waals surface area contributed by atoms with Gasteiger partial charge in [-0.2, -0.15) is 4.98 Å². The van der Waals surface area contributed by atoms with Crippen LogP contribution in [0, 0.1) is 0 Å². The van der Waals surface area contributed by atoms with E-state index in [0.29, 0.717) is 16.9 Å². The van der Waals surface area contributed by atoms with Crippen molar-refractivity contribution in [1.82, 2.24) is 9.55 Å². The van der Waals surface area contributed by atoms with Gasteiger partial charge in [0, 0.05) is 11.6 Å². The number of rotatable bonds is 1. The third-order valence-electron chi connectivity index (χ3n) is 2.82. The number of fused-ring (bicyclic) bond motifs is 1. The third kappa shape index (κ3) is 1.64. The average Bonchev–Trinajstić information content (AvgIpc) is 2.39. The van der Waals surface area contributed by atoms with Gasteiger partial charge >= 0.3 is 5.69 Å². The molecule has 0 aliphatic carbocycles. The molecule has 0 aliphatic rings. The van der Waals surface area contributed by atoms with Crippen LogP contribution in [0.15, 0.2) is 59.5 Å². The van der Waals surface area contributed by atoms with Crippen molar-refractivity contribution >= 4 is 16.6 Å². The fraction of sp³-hybridized carbons (Fsp3) is 0. The molecule has 4 nitrogen and oxygen atoms in total. The van der Waals surface area contributed by atoms with Crippen LogP contribution in [-0.4, -0.2) is 9.55 Å². The highest BCUT2D eigenvalue weighted by Crippen LogP contribution is 2.16. The monoisotopic (exact) mass is 237 g/mol. The lowest BCUT2D eigenvalue weighted by atomic mass is 10.2. The maximum Gasteiger partial charge on any atom is 0.352 e. The second-order valence-electron chi connectivity index (χ2n) is 4.01. The lowest BCUT2D eigenvalue weighted by Gasteiger charge is -2.08. The molecule has 0 spiro atoms. The molecule has 18 heavy (non-hydrogen) atoms. The van der Waals surface area contributed by atoms with Gasteiger partial charge in [-0.25, -0.2) is 4.79 Å². The fourth-order valence-corrected chi connectivity index (χ4v) is 1.93. The topological polar surface area (TPSA) is 60.9 Å². The Balaban J connectivity index is 2.33. The molecule has 2 aromatic carbocycles. The molecule has 1 heterocycles. The molecule has 2 N–H and O–H groups in total. The molecule has 0 amide bonds. The zero-order valence-electron chi connectivity index (χ0n) is 9.58. The summed E-state index contributed by atoms with van der Waals surface area (Å²) in [4.78, 5) is 16.0. The van der Waals surface area contributed by atoms with Gasteiger partial charge in [-0.1, -0.05) is 30.3 Å². The maximum atomic E-state index is 12.0. The number of nitrogen functional groups attached to an aromatic ring is 1. The molecule has 0 atom stereocenters. The fourth-order valence-electron chi connectivity index (χ4n) is 1.93. The summed E-state index contributed by atoms with van der Waals surface area (Å²) < 4.78 is 1.47. The van der Waals surface area contributed by atoms with Gasteiger partial charge in [-0.15, -0.1) is 0 Å².